The first-order valence-electron chi connectivity index (χ1n) is 35.4. The first-order valence-corrected chi connectivity index (χ1v) is 35.4. The Balaban J connectivity index is 2.61. The minimum absolute atomic E-state index is 0.108. The Morgan fingerprint density at radius 2 is 0.847 bits per heavy atom. The number of carbonyl (C=O) groups is 2. The molecule has 1 saturated heterocycles. The van der Waals surface area contributed by atoms with Gasteiger partial charge in [0.15, 0.2) is 12.4 Å². The van der Waals surface area contributed by atoms with Crippen LogP contribution in [-0.2, 0) is 23.8 Å². The molecule has 1 rings (SSSR count). The summed E-state index contributed by atoms with van der Waals surface area (Å²) in [7, 11) is 0. The zero-order valence-corrected chi connectivity index (χ0v) is 54.7. The predicted octanol–water partition coefficient (Wildman–Crippen LogP) is 18.1. The fourth-order valence-electron chi connectivity index (χ4n) is 10.7. The van der Waals surface area contributed by atoms with Gasteiger partial charge in [-0.15, -0.1) is 0 Å². The van der Waals surface area contributed by atoms with Crippen LogP contribution in [0.5, 0.6) is 0 Å². The number of unbranched alkanes of at least 4 members (excludes halogenated alkanes) is 34. The summed E-state index contributed by atoms with van der Waals surface area (Å²) in [6.45, 7) is 5.70. The van der Waals surface area contributed by atoms with Crippen LogP contribution in [0.2, 0.25) is 0 Å². The molecule has 1 aliphatic rings. The van der Waals surface area contributed by atoms with Crippen LogP contribution in [0.1, 0.15) is 310 Å². The van der Waals surface area contributed by atoms with E-state index in [1.807, 2.05) is 6.08 Å². The number of aliphatic hydroxyl groups is 5. The van der Waals surface area contributed by atoms with Crippen LogP contribution in [0, 0.1) is 0 Å². The number of carbonyl (C=O) groups excluding carboxylic acids is 2. The molecule has 0 spiro atoms. The summed E-state index contributed by atoms with van der Waals surface area (Å²) in [6, 6.07) is -1.03. The van der Waals surface area contributed by atoms with Gasteiger partial charge in [0, 0.05) is 6.42 Å². The third kappa shape index (κ3) is 48.4. The molecule has 6 N–H and O–H groups in total. The van der Waals surface area contributed by atoms with E-state index >= 15 is 0 Å². The van der Waals surface area contributed by atoms with E-state index in [9.17, 15) is 35.1 Å². The molecule has 85 heavy (non-hydrogen) atoms. The molecule has 8 unspecified atom stereocenters. The predicted molar refractivity (Wildman–Crippen MR) is 356 cm³/mol. The fourth-order valence-corrected chi connectivity index (χ4v) is 10.7. The Kier molecular flexibility index (Phi) is 57.4. The van der Waals surface area contributed by atoms with Crippen molar-refractivity contribution in [2.45, 2.75) is 359 Å². The van der Waals surface area contributed by atoms with Crippen molar-refractivity contribution in [2.75, 3.05) is 13.2 Å². The monoisotopic (exact) mass is 1190 g/mol. The molecule has 1 aliphatic heterocycles. The maximum absolute atomic E-state index is 13.5. The molecular weight excluding hydrogens is 1060 g/mol. The molecule has 1 fully saturated rings. The number of aliphatic hydroxyl groups excluding tert-OH is 5. The second-order valence-electron chi connectivity index (χ2n) is 24.2. The second-order valence-corrected chi connectivity index (χ2v) is 24.2. The van der Waals surface area contributed by atoms with Crippen LogP contribution in [0.25, 0.3) is 0 Å². The van der Waals surface area contributed by atoms with E-state index in [0.29, 0.717) is 12.8 Å². The number of esters is 1. The maximum Gasteiger partial charge on any atom is 0.306 e. The molecule has 0 saturated carbocycles. The Bertz CT molecular complexity index is 1710. The highest BCUT2D eigenvalue weighted by Crippen LogP contribution is 2.26. The Morgan fingerprint density at radius 1 is 0.471 bits per heavy atom. The topological polar surface area (TPSA) is 175 Å². The summed E-state index contributed by atoms with van der Waals surface area (Å²) in [5.41, 5.74) is 0. The quantitative estimate of drug-likeness (QED) is 0.0195. The van der Waals surface area contributed by atoms with E-state index < -0.39 is 67.4 Å². The highest BCUT2D eigenvalue weighted by Gasteiger charge is 2.47. The van der Waals surface area contributed by atoms with Gasteiger partial charge in [0.2, 0.25) is 5.91 Å². The van der Waals surface area contributed by atoms with Crippen LogP contribution >= 0.6 is 0 Å². The third-order valence-electron chi connectivity index (χ3n) is 16.3. The van der Waals surface area contributed by atoms with Gasteiger partial charge in [-0.2, -0.15) is 0 Å². The van der Waals surface area contributed by atoms with Crippen LogP contribution in [0.15, 0.2) is 85.1 Å². The highest BCUT2D eigenvalue weighted by molar-refractivity contribution is 5.80. The van der Waals surface area contributed by atoms with Gasteiger partial charge in [-0.05, 0) is 96.3 Å². The molecule has 0 aliphatic carbocycles. The Morgan fingerprint density at radius 3 is 1.28 bits per heavy atom. The SMILES string of the molecule is CC/C=C\C/C=C\C/C=C\C/C=C\C/C=C\CCCCCCCCCC(=O)OC1C(OCC(NC(=O)C(O)CCCCCCCCCCCC/C=C/CCCCCCCC)C(O)/C=C/CCCCCCCCCCCCC)OC(CO)C(O)C1O. The van der Waals surface area contributed by atoms with Crippen molar-refractivity contribution in [3.8, 4) is 0 Å². The van der Waals surface area contributed by atoms with E-state index in [2.05, 4.69) is 99.0 Å². The van der Waals surface area contributed by atoms with Crippen molar-refractivity contribution in [3.05, 3.63) is 85.1 Å². The molecule has 0 aromatic carbocycles. The molecular formula is C74H131NO10. The molecule has 8 atom stereocenters. The number of rotatable bonds is 60. The lowest BCUT2D eigenvalue weighted by Gasteiger charge is -2.41. The lowest BCUT2D eigenvalue weighted by atomic mass is 9.99. The Labute approximate surface area is 521 Å². The molecule has 0 aromatic rings. The lowest BCUT2D eigenvalue weighted by Crippen LogP contribution is -2.61. The minimum Gasteiger partial charge on any atom is -0.454 e. The van der Waals surface area contributed by atoms with Gasteiger partial charge < -0.3 is 45.1 Å². The number of hydrogen-bond acceptors (Lipinski definition) is 10. The normalized spacial score (nSPS) is 18.9. The van der Waals surface area contributed by atoms with E-state index in [1.54, 1.807) is 6.08 Å². The lowest BCUT2D eigenvalue weighted by molar-refractivity contribution is -0.305. The van der Waals surface area contributed by atoms with Crippen molar-refractivity contribution in [2.24, 2.45) is 0 Å². The molecule has 1 amide bonds. The van der Waals surface area contributed by atoms with Crippen molar-refractivity contribution in [1.82, 2.24) is 5.32 Å². The van der Waals surface area contributed by atoms with E-state index in [-0.39, 0.29) is 19.4 Å². The number of ether oxygens (including phenoxy) is 3. The van der Waals surface area contributed by atoms with Crippen molar-refractivity contribution < 1.29 is 49.3 Å². The average Bonchev–Trinajstić information content (AvgIpc) is 2.49. The zero-order chi connectivity index (χ0) is 61.7. The van der Waals surface area contributed by atoms with Crippen molar-refractivity contribution >= 4 is 11.9 Å². The van der Waals surface area contributed by atoms with Crippen LogP contribution in [0.3, 0.4) is 0 Å². The van der Waals surface area contributed by atoms with Gasteiger partial charge in [0.05, 0.1) is 25.4 Å². The van der Waals surface area contributed by atoms with E-state index in [1.165, 1.54) is 148 Å². The van der Waals surface area contributed by atoms with Gasteiger partial charge in [-0.3, -0.25) is 9.59 Å². The standard InChI is InChI=1S/C74H131NO10/c1-4-7-10-13-16-19-22-25-27-29-31-33-34-35-37-39-41-44-47-50-53-56-59-62-69(79)85-72-71(81)70(80)68(63-76)84-74(72)83-64-65(66(77)60-57-54-51-48-45-42-24-21-18-15-12-9-6-3)75-73(82)67(78)61-58-55-52-49-46-43-40-38-36-32-30-28-26-23-20-17-14-11-8-5-2/h7,10,16,19,25-28,31,33,35,37,57,60,65-68,70-72,74,76-78,80-81H,4-6,8-9,11-15,17-18,20-24,29-30,32,34,36,38-56,58-59,61-64H2,1-3H3,(H,75,82)/b10-7-,19-16-,27-25-,28-26+,33-31-,37-35-,60-57+. The van der Waals surface area contributed by atoms with Gasteiger partial charge in [0.25, 0.3) is 0 Å². The molecule has 0 radical (unpaired) electrons. The summed E-state index contributed by atoms with van der Waals surface area (Å²) in [5, 5.41) is 57.3. The van der Waals surface area contributed by atoms with Crippen molar-refractivity contribution in [1.29, 1.82) is 0 Å². The summed E-state index contributed by atoms with van der Waals surface area (Å²) in [4.78, 5) is 26.7. The molecule has 492 valence electrons. The van der Waals surface area contributed by atoms with Crippen LogP contribution in [0.4, 0.5) is 0 Å². The maximum atomic E-state index is 13.5. The smallest absolute Gasteiger partial charge is 0.306 e. The second kappa shape index (κ2) is 61.1. The van der Waals surface area contributed by atoms with Gasteiger partial charge in [-0.1, -0.05) is 292 Å². The third-order valence-corrected chi connectivity index (χ3v) is 16.3. The average molecular weight is 1190 g/mol. The highest BCUT2D eigenvalue weighted by atomic mass is 16.7. The van der Waals surface area contributed by atoms with E-state index in [0.717, 1.165) is 116 Å². The Hall–Kier alpha value is -3.16. The molecule has 0 aromatic heterocycles. The van der Waals surface area contributed by atoms with E-state index in [4.69, 9.17) is 14.2 Å². The number of hydrogen-bond donors (Lipinski definition) is 6. The van der Waals surface area contributed by atoms with Crippen LogP contribution < -0.4 is 5.32 Å². The fraction of sp³-hybridized carbons (Fsp3) is 0.784. The largest absolute Gasteiger partial charge is 0.454 e. The van der Waals surface area contributed by atoms with Gasteiger partial charge in [0.1, 0.15) is 24.4 Å². The number of nitrogens with one attached hydrogen (secondary N) is 1. The molecule has 1 heterocycles. The first-order chi connectivity index (χ1) is 41.7. The van der Waals surface area contributed by atoms with Crippen LogP contribution in [-0.4, -0.2) is 99.6 Å². The number of allylic oxidation sites excluding steroid dienone is 13. The summed E-state index contributed by atoms with van der Waals surface area (Å²) in [5.74, 6) is -1.20. The summed E-state index contributed by atoms with van der Waals surface area (Å²) < 4.78 is 17.7. The zero-order valence-electron chi connectivity index (χ0n) is 54.7. The molecule has 11 nitrogen and oxygen atoms in total. The molecule has 0 bridgehead atoms. The van der Waals surface area contributed by atoms with Gasteiger partial charge in [-0.25, -0.2) is 0 Å². The first kappa shape index (κ1) is 79.9. The minimum atomic E-state index is -1.62. The van der Waals surface area contributed by atoms with Crippen molar-refractivity contribution in [3.63, 3.8) is 0 Å². The van der Waals surface area contributed by atoms with Gasteiger partial charge >= 0.3 is 5.97 Å². The summed E-state index contributed by atoms with van der Waals surface area (Å²) >= 11 is 0. The summed E-state index contributed by atoms with van der Waals surface area (Å²) in [6.07, 6.45) is 70.4. The molecule has 11 heteroatoms. The number of amides is 1.